The van der Waals surface area contributed by atoms with Gasteiger partial charge in [0.2, 0.25) is 15.7 Å². The highest BCUT2D eigenvalue weighted by Crippen LogP contribution is 2.30. The van der Waals surface area contributed by atoms with Crippen molar-refractivity contribution in [3.63, 3.8) is 0 Å². The summed E-state index contributed by atoms with van der Waals surface area (Å²) in [4.78, 5) is 15.2. The molecule has 2 aromatic carbocycles. The molecule has 0 unspecified atom stereocenters. The second kappa shape index (κ2) is 8.99. The Morgan fingerprint density at radius 2 is 1.70 bits per heavy atom. The second-order valence-corrected chi connectivity index (χ2v) is 9.18. The molecule has 4 rings (SSSR count). The molecule has 1 N–H and O–H groups in total. The van der Waals surface area contributed by atoms with E-state index in [1.165, 1.54) is 0 Å². The van der Waals surface area contributed by atoms with Gasteiger partial charge in [0.25, 0.3) is 0 Å². The van der Waals surface area contributed by atoms with Crippen LogP contribution in [0, 0.1) is 0 Å². The van der Waals surface area contributed by atoms with Gasteiger partial charge in [0.05, 0.1) is 23.0 Å². The smallest absolute Gasteiger partial charge is 0.239 e. The van der Waals surface area contributed by atoms with Crippen LogP contribution in [-0.2, 0) is 25.9 Å². The van der Waals surface area contributed by atoms with Crippen LogP contribution in [0.25, 0.3) is 10.9 Å². The van der Waals surface area contributed by atoms with Crippen molar-refractivity contribution in [3.8, 4) is 0 Å². The average molecular weight is 428 g/mol. The highest BCUT2D eigenvalue weighted by Gasteiger charge is 2.23. The van der Waals surface area contributed by atoms with Gasteiger partial charge >= 0.3 is 0 Å². The number of morpholine rings is 1. The quantitative estimate of drug-likeness (QED) is 0.623. The molecule has 0 spiro atoms. The largest absolute Gasteiger partial charge is 0.379 e. The van der Waals surface area contributed by atoms with Crippen LogP contribution < -0.4 is 5.32 Å². The Hall–Kier alpha value is -2.68. The molecule has 7 nitrogen and oxygen atoms in total. The standard InChI is InChI=1S/C22H25N3O4S/c26-22(23-10-11-24-12-14-29-15-13-24)17-25-16-21(19-8-4-5-9-20(19)25)30(27,28)18-6-2-1-3-7-18/h1-9,16H,10-15,17H2,(H,23,26). The van der Waals surface area contributed by atoms with Crippen LogP contribution in [-0.4, -0.2) is 63.2 Å². The lowest BCUT2D eigenvalue weighted by Crippen LogP contribution is -2.41. The summed E-state index contributed by atoms with van der Waals surface area (Å²) in [6.07, 6.45) is 1.56. The first kappa shape index (κ1) is 20.6. The Kier molecular flexibility index (Phi) is 6.17. The molecule has 0 aliphatic carbocycles. The third-order valence-corrected chi connectivity index (χ3v) is 7.06. The molecule has 0 atom stereocenters. The number of aromatic nitrogens is 1. The van der Waals surface area contributed by atoms with E-state index in [-0.39, 0.29) is 22.2 Å². The number of benzene rings is 2. The molecule has 1 aromatic heterocycles. The zero-order valence-corrected chi connectivity index (χ0v) is 17.5. The number of nitrogens with zero attached hydrogens (tertiary/aromatic N) is 2. The molecule has 8 heteroatoms. The van der Waals surface area contributed by atoms with Crippen molar-refractivity contribution in [1.82, 2.24) is 14.8 Å². The monoisotopic (exact) mass is 427 g/mol. The maximum Gasteiger partial charge on any atom is 0.239 e. The van der Waals surface area contributed by atoms with Crippen molar-refractivity contribution in [3.05, 3.63) is 60.8 Å². The maximum absolute atomic E-state index is 13.2. The van der Waals surface area contributed by atoms with Gasteiger partial charge in [0.1, 0.15) is 6.54 Å². The number of hydrogen-bond donors (Lipinski definition) is 1. The van der Waals surface area contributed by atoms with Gasteiger partial charge in [-0.05, 0) is 18.2 Å². The van der Waals surface area contributed by atoms with E-state index < -0.39 is 9.84 Å². The van der Waals surface area contributed by atoms with Crippen molar-refractivity contribution in [1.29, 1.82) is 0 Å². The van der Waals surface area contributed by atoms with Gasteiger partial charge < -0.3 is 14.6 Å². The molecule has 1 aliphatic rings. The van der Waals surface area contributed by atoms with E-state index in [4.69, 9.17) is 4.74 Å². The number of sulfone groups is 1. The lowest BCUT2D eigenvalue weighted by molar-refractivity contribution is -0.121. The highest BCUT2D eigenvalue weighted by atomic mass is 32.2. The van der Waals surface area contributed by atoms with Gasteiger partial charge in [0.15, 0.2) is 0 Å². The first-order valence-corrected chi connectivity index (χ1v) is 11.5. The number of para-hydroxylation sites is 1. The van der Waals surface area contributed by atoms with Crippen LogP contribution in [0.1, 0.15) is 0 Å². The topological polar surface area (TPSA) is 80.6 Å². The van der Waals surface area contributed by atoms with E-state index in [2.05, 4.69) is 10.2 Å². The molecule has 30 heavy (non-hydrogen) atoms. The Bertz CT molecular complexity index is 1120. The fourth-order valence-corrected chi connectivity index (χ4v) is 5.17. The normalized spacial score (nSPS) is 15.3. The van der Waals surface area contributed by atoms with Crippen molar-refractivity contribution < 1.29 is 17.9 Å². The molecule has 1 saturated heterocycles. The van der Waals surface area contributed by atoms with Crippen LogP contribution in [0.15, 0.2) is 70.6 Å². The molecule has 3 aromatic rings. The molecule has 0 saturated carbocycles. The van der Waals surface area contributed by atoms with Gasteiger partial charge in [-0.1, -0.05) is 36.4 Å². The summed E-state index contributed by atoms with van der Waals surface area (Å²) in [6.45, 7) is 4.58. The Morgan fingerprint density at radius 3 is 2.47 bits per heavy atom. The number of ether oxygens (including phenoxy) is 1. The summed E-state index contributed by atoms with van der Waals surface area (Å²) in [6, 6.07) is 15.6. The summed E-state index contributed by atoms with van der Waals surface area (Å²) in [5.41, 5.74) is 0.718. The molecule has 1 fully saturated rings. The van der Waals surface area contributed by atoms with Crippen molar-refractivity contribution in [2.45, 2.75) is 16.3 Å². The Balaban J connectivity index is 1.51. The Morgan fingerprint density at radius 1 is 1.00 bits per heavy atom. The molecule has 1 amide bonds. The molecular formula is C22H25N3O4S. The average Bonchev–Trinajstić information content (AvgIpc) is 3.14. The molecule has 0 radical (unpaired) electrons. The van der Waals surface area contributed by atoms with Crippen molar-refractivity contribution >= 4 is 26.6 Å². The van der Waals surface area contributed by atoms with Gasteiger partial charge in [-0.3, -0.25) is 9.69 Å². The van der Waals surface area contributed by atoms with Crippen LogP contribution >= 0.6 is 0 Å². The second-order valence-electron chi connectivity index (χ2n) is 7.26. The number of carbonyl (C=O) groups is 1. The number of amides is 1. The van der Waals surface area contributed by atoms with Crippen LogP contribution in [0.4, 0.5) is 0 Å². The minimum absolute atomic E-state index is 0.0634. The summed E-state index contributed by atoms with van der Waals surface area (Å²) in [7, 11) is -3.68. The van der Waals surface area contributed by atoms with Crippen LogP contribution in [0.3, 0.4) is 0 Å². The van der Waals surface area contributed by atoms with Gasteiger partial charge in [-0.2, -0.15) is 0 Å². The van der Waals surface area contributed by atoms with Gasteiger partial charge in [-0.15, -0.1) is 0 Å². The fraction of sp³-hybridized carbons (Fsp3) is 0.318. The lowest BCUT2D eigenvalue weighted by Gasteiger charge is -2.26. The molecular weight excluding hydrogens is 402 g/mol. The Labute approximate surface area is 176 Å². The third kappa shape index (κ3) is 4.40. The van der Waals surface area contributed by atoms with Crippen LogP contribution in [0.2, 0.25) is 0 Å². The van der Waals surface area contributed by atoms with Gasteiger partial charge in [0, 0.05) is 43.3 Å². The van der Waals surface area contributed by atoms with E-state index in [1.54, 1.807) is 53.2 Å². The van der Waals surface area contributed by atoms with E-state index in [1.807, 2.05) is 12.1 Å². The molecule has 1 aliphatic heterocycles. The van der Waals surface area contributed by atoms with E-state index in [9.17, 15) is 13.2 Å². The van der Waals surface area contributed by atoms with Gasteiger partial charge in [-0.25, -0.2) is 8.42 Å². The number of fused-ring (bicyclic) bond motifs is 1. The van der Waals surface area contributed by atoms with E-state index in [0.29, 0.717) is 11.9 Å². The minimum atomic E-state index is -3.68. The zero-order chi connectivity index (χ0) is 21.0. The number of nitrogens with one attached hydrogen (secondary N) is 1. The zero-order valence-electron chi connectivity index (χ0n) is 16.7. The molecule has 0 bridgehead atoms. The first-order valence-electron chi connectivity index (χ1n) is 10.0. The summed E-state index contributed by atoms with van der Waals surface area (Å²) in [5, 5.41) is 3.54. The SMILES string of the molecule is O=C(Cn1cc(S(=O)(=O)c2ccccc2)c2ccccc21)NCCN1CCOCC1. The summed E-state index contributed by atoms with van der Waals surface area (Å²) >= 11 is 0. The third-order valence-electron chi connectivity index (χ3n) is 5.26. The minimum Gasteiger partial charge on any atom is -0.379 e. The highest BCUT2D eigenvalue weighted by molar-refractivity contribution is 7.91. The summed E-state index contributed by atoms with van der Waals surface area (Å²) < 4.78 is 33.4. The van der Waals surface area contributed by atoms with E-state index in [0.717, 1.165) is 38.4 Å². The van der Waals surface area contributed by atoms with Crippen molar-refractivity contribution in [2.75, 3.05) is 39.4 Å². The predicted molar refractivity (Wildman–Crippen MR) is 114 cm³/mol. The maximum atomic E-state index is 13.2. The predicted octanol–water partition coefficient (Wildman–Crippen LogP) is 1.92. The fourth-order valence-electron chi connectivity index (χ4n) is 3.67. The summed E-state index contributed by atoms with van der Waals surface area (Å²) in [5.74, 6) is -0.146. The number of rotatable bonds is 7. The molecule has 158 valence electrons. The van der Waals surface area contributed by atoms with Crippen LogP contribution in [0.5, 0.6) is 0 Å². The number of carbonyl (C=O) groups excluding carboxylic acids is 1. The van der Waals surface area contributed by atoms with E-state index >= 15 is 0 Å². The first-order chi connectivity index (χ1) is 14.6. The van der Waals surface area contributed by atoms with Crippen molar-refractivity contribution in [2.24, 2.45) is 0 Å². The number of hydrogen-bond acceptors (Lipinski definition) is 5. The molecule has 2 heterocycles. The lowest BCUT2D eigenvalue weighted by atomic mass is 10.2.